The molecule has 2 rings (SSSR count). The van der Waals surface area contributed by atoms with Crippen molar-refractivity contribution in [2.24, 2.45) is 0 Å². The third-order valence-corrected chi connectivity index (χ3v) is 3.97. The van der Waals surface area contributed by atoms with E-state index in [4.69, 9.17) is 0 Å². The normalized spacial score (nSPS) is 18.9. The summed E-state index contributed by atoms with van der Waals surface area (Å²) in [6.45, 7) is 6.45. The van der Waals surface area contributed by atoms with E-state index in [9.17, 15) is 9.59 Å². The fourth-order valence-corrected chi connectivity index (χ4v) is 2.77. The van der Waals surface area contributed by atoms with Crippen molar-refractivity contribution in [1.82, 2.24) is 15.2 Å². The van der Waals surface area contributed by atoms with E-state index in [1.165, 1.54) is 4.90 Å². The molecule has 2 amide bonds. The number of hydrogen-bond acceptors (Lipinski definition) is 4. The van der Waals surface area contributed by atoms with Crippen LogP contribution in [-0.2, 0) is 16.1 Å². The minimum Gasteiger partial charge on any atom is -0.300 e. The first-order chi connectivity index (χ1) is 10.1. The van der Waals surface area contributed by atoms with Crippen LogP contribution in [-0.4, -0.2) is 33.8 Å². The van der Waals surface area contributed by atoms with Crippen molar-refractivity contribution in [3.63, 3.8) is 0 Å². The van der Waals surface area contributed by atoms with Gasteiger partial charge in [0.2, 0.25) is 11.8 Å². The van der Waals surface area contributed by atoms with E-state index in [0.29, 0.717) is 6.54 Å². The molecule has 1 aromatic heterocycles. The number of nitrogens with zero attached hydrogens (tertiary/aromatic N) is 2. The lowest BCUT2D eigenvalue weighted by Gasteiger charge is -2.24. The lowest BCUT2D eigenvalue weighted by Crippen LogP contribution is -2.43. The minimum atomic E-state index is -0.416. The van der Waals surface area contributed by atoms with Gasteiger partial charge in [-0.25, -0.2) is 0 Å². The largest absolute Gasteiger partial charge is 0.300 e. The van der Waals surface area contributed by atoms with Crippen molar-refractivity contribution >= 4 is 11.8 Å². The van der Waals surface area contributed by atoms with E-state index < -0.39 is 6.04 Å². The molecular weight excluding hydrogens is 266 g/mol. The van der Waals surface area contributed by atoms with E-state index in [2.05, 4.69) is 10.3 Å². The second kappa shape index (κ2) is 6.80. The molecule has 1 N–H and O–H groups in total. The number of carbonyl (C=O) groups is 2. The average Bonchev–Trinajstić information content (AvgIpc) is 2.74. The quantitative estimate of drug-likeness (QED) is 0.811. The Balaban J connectivity index is 1.99. The van der Waals surface area contributed by atoms with Gasteiger partial charge in [-0.2, -0.15) is 0 Å². The number of imide groups is 1. The van der Waals surface area contributed by atoms with Gasteiger partial charge in [-0.15, -0.1) is 0 Å². The molecule has 1 aliphatic rings. The van der Waals surface area contributed by atoms with Crippen LogP contribution in [0.15, 0.2) is 18.2 Å². The number of carbonyl (C=O) groups excluding carboxylic acids is 2. The van der Waals surface area contributed by atoms with Crippen molar-refractivity contribution in [3.8, 4) is 0 Å². The summed E-state index contributed by atoms with van der Waals surface area (Å²) in [5.74, 6) is -0.162. The number of likely N-dealkylation sites (tertiary alicyclic amines) is 1. The van der Waals surface area contributed by atoms with Gasteiger partial charge in [-0.05, 0) is 31.9 Å². The number of nitrogens with one attached hydrogen (secondary N) is 1. The molecule has 0 aliphatic carbocycles. The smallest absolute Gasteiger partial charge is 0.247 e. The van der Waals surface area contributed by atoms with Gasteiger partial charge in [0.1, 0.15) is 0 Å². The maximum absolute atomic E-state index is 12.4. The first-order valence-electron chi connectivity index (χ1n) is 7.58. The average molecular weight is 289 g/mol. The van der Waals surface area contributed by atoms with Crippen molar-refractivity contribution in [2.45, 2.75) is 58.7 Å². The summed E-state index contributed by atoms with van der Waals surface area (Å²) < 4.78 is 0. The van der Waals surface area contributed by atoms with Crippen LogP contribution in [0.1, 0.15) is 44.5 Å². The number of aryl methyl sites for hydroxylation is 1. The lowest BCUT2D eigenvalue weighted by molar-refractivity contribution is -0.141. The number of rotatable bonds is 6. The first-order valence-corrected chi connectivity index (χ1v) is 7.58. The Morgan fingerprint density at radius 3 is 2.67 bits per heavy atom. The van der Waals surface area contributed by atoms with Gasteiger partial charge in [0.25, 0.3) is 0 Å². The molecule has 1 unspecified atom stereocenters. The molecule has 1 atom stereocenters. The third-order valence-electron chi connectivity index (χ3n) is 3.97. The third kappa shape index (κ3) is 3.47. The Bertz CT molecular complexity index is 526. The zero-order valence-electron chi connectivity index (χ0n) is 12.9. The monoisotopic (exact) mass is 289 g/mol. The summed E-state index contributed by atoms with van der Waals surface area (Å²) in [6, 6.07) is 5.40. The first kappa shape index (κ1) is 15.6. The maximum atomic E-state index is 12.4. The fraction of sp³-hybridized carbons (Fsp3) is 0.562. The summed E-state index contributed by atoms with van der Waals surface area (Å²) in [6.07, 6.45) is 1.86. The Morgan fingerprint density at radius 1 is 1.33 bits per heavy atom. The van der Waals surface area contributed by atoms with Gasteiger partial charge >= 0.3 is 0 Å². The number of pyridine rings is 1. The molecule has 2 heterocycles. The SMILES string of the molecule is CCC(CC)N1C(=O)CC(NCc2cccc(C)n2)C1=O. The highest BCUT2D eigenvalue weighted by Crippen LogP contribution is 2.20. The van der Waals surface area contributed by atoms with Crippen LogP contribution < -0.4 is 5.32 Å². The lowest BCUT2D eigenvalue weighted by atomic mass is 10.1. The van der Waals surface area contributed by atoms with Crippen LogP contribution in [0, 0.1) is 6.92 Å². The van der Waals surface area contributed by atoms with E-state index in [1.807, 2.05) is 39.0 Å². The molecule has 5 heteroatoms. The molecule has 1 aromatic rings. The summed E-state index contributed by atoms with van der Waals surface area (Å²) in [7, 11) is 0. The van der Waals surface area contributed by atoms with Crippen LogP contribution >= 0.6 is 0 Å². The van der Waals surface area contributed by atoms with Crippen LogP contribution in [0.4, 0.5) is 0 Å². The van der Waals surface area contributed by atoms with Gasteiger partial charge in [-0.3, -0.25) is 24.8 Å². The van der Waals surface area contributed by atoms with Gasteiger partial charge in [0.05, 0.1) is 18.2 Å². The fourth-order valence-electron chi connectivity index (χ4n) is 2.77. The Morgan fingerprint density at radius 2 is 2.05 bits per heavy atom. The zero-order chi connectivity index (χ0) is 15.4. The van der Waals surface area contributed by atoms with E-state index in [-0.39, 0.29) is 24.3 Å². The Hall–Kier alpha value is -1.75. The van der Waals surface area contributed by atoms with Crippen molar-refractivity contribution < 1.29 is 9.59 Å². The van der Waals surface area contributed by atoms with Crippen LogP contribution in [0.25, 0.3) is 0 Å². The molecule has 0 spiro atoms. The molecule has 0 aromatic carbocycles. The maximum Gasteiger partial charge on any atom is 0.247 e. The highest BCUT2D eigenvalue weighted by Gasteiger charge is 2.40. The molecular formula is C16H23N3O2. The van der Waals surface area contributed by atoms with Crippen molar-refractivity contribution in [1.29, 1.82) is 0 Å². The van der Waals surface area contributed by atoms with Gasteiger partial charge in [0, 0.05) is 18.3 Å². The topological polar surface area (TPSA) is 62.3 Å². The minimum absolute atomic E-state index is 0.0221. The number of hydrogen-bond donors (Lipinski definition) is 1. The molecule has 5 nitrogen and oxygen atoms in total. The van der Waals surface area contributed by atoms with Crippen LogP contribution in [0.5, 0.6) is 0 Å². The van der Waals surface area contributed by atoms with E-state index >= 15 is 0 Å². The van der Waals surface area contributed by atoms with Crippen LogP contribution in [0.2, 0.25) is 0 Å². The highest BCUT2D eigenvalue weighted by atomic mass is 16.2. The predicted molar refractivity (Wildman–Crippen MR) is 80.4 cm³/mol. The number of aromatic nitrogens is 1. The molecule has 0 saturated carbocycles. The molecule has 0 bridgehead atoms. The van der Waals surface area contributed by atoms with Gasteiger partial charge in [-0.1, -0.05) is 19.9 Å². The van der Waals surface area contributed by atoms with E-state index in [1.54, 1.807) is 0 Å². The summed E-state index contributed by atoms with van der Waals surface area (Å²) in [5.41, 5.74) is 1.83. The van der Waals surface area contributed by atoms with E-state index in [0.717, 1.165) is 24.2 Å². The number of amides is 2. The molecule has 1 saturated heterocycles. The molecule has 0 radical (unpaired) electrons. The van der Waals surface area contributed by atoms with Gasteiger partial charge < -0.3 is 0 Å². The molecule has 1 fully saturated rings. The summed E-state index contributed by atoms with van der Waals surface area (Å²) >= 11 is 0. The summed E-state index contributed by atoms with van der Waals surface area (Å²) in [5, 5.41) is 3.16. The Labute approximate surface area is 125 Å². The summed E-state index contributed by atoms with van der Waals surface area (Å²) in [4.78, 5) is 30.3. The van der Waals surface area contributed by atoms with Crippen molar-refractivity contribution in [2.75, 3.05) is 0 Å². The molecule has 1 aliphatic heterocycles. The Kier molecular flexibility index (Phi) is 5.07. The second-order valence-electron chi connectivity index (χ2n) is 5.48. The second-order valence-corrected chi connectivity index (χ2v) is 5.48. The predicted octanol–water partition coefficient (Wildman–Crippen LogP) is 1.80. The molecule has 114 valence electrons. The standard InChI is InChI=1S/C16H23N3O2/c1-4-13(5-2)19-15(20)9-14(16(19)21)17-10-12-8-6-7-11(3)18-12/h6-8,13-14,17H,4-5,9-10H2,1-3H3. The van der Waals surface area contributed by atoms with Crippen molar-refractivity contribution in [3.05, 3.63) is 29.6 Å². The van der Waals surface area contributed by atoms with Gasteiger partial charge in [0.15, 0.2) is 0 Å². The zero-order valence-corrected chi connectivity index (χ0v) is 12.9. The van der Waals surface area contributed by atoms with Crippen LogP contribution in [0.3, 0.4) is 0 Å². The molecule has 21 heavy (non-hydrogen) atoms. The highest BCUT2D eigenvalue weighted by molar-refractivity contribution is 6.05.